The maximum Gasteiger partial charge on any atom is 0.255 e. The number of benzene rings is 2. The molecule has 31 heavy (non-hydrogen) atoms. The van der Waals surface area contributed by atoms with E-state index in [9.17, 15) is 14.4 Å². The summed E-state index contributed by atoms with van der Waals surface area (Å²) < 4.78 is 0. The molecule has 2 aromatic rings. The van der Waals surface area contributed by atoms with Crippen LogP contribution in [0, 0.1) is 23.7 Å². The average Bonchev–Trinajstić information content (AvgIpc) is 3.47. The molecule has 2 saturated carbocycles. The second-order valence-electron chi connectivity index (χ2n) is 9.06. The SMILES string of the molecule is CCc1cccc(CC)c1NC(=O)c1ccc(N2C(=O)[C@@H]3[C@@H]4CC[C@@H](C4)[C@@H]3C2=O)cc1. The summed E-state index contributed by atoms with van der Waals surface area (Å²) in [5, 5.41) is 3.07. The number of carbonyl (C=O) groups is 3. The standard InChI is InChI=1S/C26H28N2O3/c1-3-15-6-5-7-16(4-2)23(15)27-24(29)17-10-12-20(13-11-17)28-25(30)21-18-8-9-19(14-18)22(21)26(28)31/h5-7,10-13,18-19,21-22H,3-4,8-9,14H2,1-2H3,(H,27,29)/t18-,19+,21-,22+. The molecule has 0 radical (unpaired) electrons. The summed E-state index contributed by atoms with van der Waals surface area (Å²) in [6, 6.07) is 12.9. The normalized spacial score (nSPS) is 26.5. The van der Waals surface area contributed by atoms with Gasteiger partial charge in [-0.3, -0.25) is 19.3 Å². The predicted octanol–water partition coefficient (Wildman–Crippen LogP) is 4.60. The summed E-state index contributed by atoms with van der Waals surface area (Å²) in [4.78, 5) is 40.3. The summed E-state index contributed by atoms with van der Waals surface area (Å²) in [5.41, 5.74) is 4.19. The molecule has 1 heterocycles. The maximum absolute atomic E-state index is 13.0. The Kier molecular flexibility index (Phi) is 4.92. The molecule has 1 saturated heterocycles. The van der Waals surface area contributed by atoms with Gasteiger partial charge in [0.1, 0.15) is 0 Å². The Labute approximate surface area is 182 Å². The first kappa shape index (κ1) is 20.0. The molecule has 2 aliphatic carbocycles. The van der Waals surface area contributed by atoms with Crippen LogP contribution in [0.5, 0.6) is 0 Å². The zero-order chi connectivity index (χ0) is 21.7. The summed E-state index contributed by atoms with van der Waals surface area (Å²) >= 11 is 0. The highest BCUT2D eigenvalue weighted by Crippen LogP contribution is 2.56. The van der Waals surface area contributed by atoms with Gasteiger partial charge in [0.25, 0.3) is 5.91 Å². The number of nitrogens with one attached hydrogen (secondary N) is 1. The van der Waals surface area contributed by atoms with E-state index in [2.05, 4.69) is 19.2 Å². The third-order valence-corrected chi connectivity index (χ3v) is 7.55. The number of hydrogen-bond donors (Lipinski definition) is 1. The number of hydrogen-bond acceptors (Lipinski definition) is 3. The lowest BCUT2D eigenvalue weighted by molar-refractivity contribution is -0.123. The first-order valence-corrected chi connectivity index (χ1v) is 11.4. The largest absolute Gasteiger partial charge is 0.321 e. The van der Waals surface area contributed by atoms with Gasteiger partial charge in [0.2, 0.25) is 11.8 Å². The molecule has 1 aliphatic heterocycles. The van der Waals surface area contributed by atoms with E-state index in [-0.39, 0.29) is 29.6 Å². The van der Waals surface area contributed by atoms with Crippen LogP contribution in [0.3, 0.4) is 0 Å². The van der Waals surface area contributed by atoms with Crippen LogP contribution in [-0.4, -0.2) is 17.7 Å². The first-order chi connectivity index (χ1) is 15.0. The van der Waals surface area contributed by atoms with Crippen molar-refractivity contribution in [3.8, 4) is 0 Å². The molecule has 5 heteroatoms. The predicted molar refractivity (Wildman–Crippen MR) is 120 cm³/mol. The summed E-state index contributed by atoms with van der Waals surface area (Å²) in [7, 11) is 0. The van der Waals surface area contributed by atoms with Crippen LogP contribution in [0.25, 0.3) is 0 Å². The van der Waals surface area contributed by atoms with E-state index in [1.54, 1.807) is 24.3 Å². The minimum atomic E-state index is -0.184. The van der Waals surface area contributed by atoms with Crippen LogP contribution < -0.4 is 10.2 Å². The number of carbonyl (C=O) groups excluding carboxylic acids is 3. The molecule has 3 amide bonds. The minimum Gasteiger partial charge on any atom is -0.321 e. The van der Waals surface area contributed by atoms with Crippen LogP contribution in [0.1, 0.15) is 54.6 Å². The van der Waals surface area contributed by atoms with Gasteiger partial charge in [-0.2, -0.15) is 0 Å². The van der Waals surface area contributed by atoms with E-state index >= 15 is 0 Å². The Morgan fingerprint density at radius 3 is 1.97 bits per heavy atom. The number of para-hydroxylation sites is 1. The number of imide groups is 1. The molecule has 1 N–H and O–H groups in total. The third kappa shape index (κ3) is 3.10. The molecule has 3 aliphatic rings. The Hall–Kier alpha value is -2.95. The van der Waals surface area contributed by atoms with E-state index in [0.717, 1.165) is 48.9 Å². The van der Waals surface area contributed by atoms with E-state index < -0.39 is 0 Å². The second kappa shape index (κ2) is 7.63. The van der Waals surface area contributed by atoms with Crippen molar-refractivity contribution in [2.24, 2.45) is 23.7 Å². The lowest BCUT2D eigenvalue weighted by atomic mass is 9.81. The molecule has 0 unspecified atom stereocenters. The quantitative estimate of drug-likeness (QED) is 0.725. The first-order valence-electron chi connectivity index (χ1n) is 11.4. The highest BCUT2D eigenvalue weighted by Gasteiger charge is 2.61. The van der Waals surface area contributed by atoms with Crippen molar-refractivity contribution in [1.82, 2.24) is 0 Å². The molecule has 2 aromatic carbocycles. The van der Waals surface area contributed by atoms with Crippen LogP contribution in [0.15, 0.2) is 42.5 Å². The van der Waals surface area contributed by atoms with Crippen molar-refractivity contribution >= 4 is 29.1 Å². The molecule has 2 bridgehead atoms. The maximum atomic E-state index is 13.0. The Morgan fingerprint density at radius 1 is 0.903 bits per heavy atom. The topological polar surface area (TPSA) is 66.5 Å². The van der Waals surface area contributed by atoms with Crippen LogP contribution in [0.4, 0.5) is 11.4 Å². The van der Waals surface area contributed by atoms with Gasteiger partial charge in [0.15, 0.2) is 0 Å². The van der Waals surface area contributed by atoms with Crippen molar-refractivity contribution < 1.29 is 14.4 Å². The number of aryl methyl sites for hydroxylation is 2. The minimum absolute atomic E-state index is 0.0520. The van der Waals surface area contributed by atoms with Gasteiger partial charge in [-0.1, -0.05) is 32.0 Å². The molecule has 3 fully saturated rings. The molecular weight excluding hydrogens is 388 g/mol. The van der Waals surface area contributed by atoms with Crippen molar-refractivity contribution in [2.45, 2.75) is 46.0 Å². The Balaban J connectivity index is 1.36. The van der Waals surface area contributed by atoms with Gasteiger partial charge < -0.3 is 5.32 Å². The van der Waals surface area contributed by atoms with Crippen LogP contribution in [0.2, 0.25) is 0 Å². The highest BCUT2D eigenvalue weighted by atomic mass is 16.2. The molecule has 5 rings (SSSR count). The van der Waals surface area contributed by atoms with Gasteiger partial charge in [-0.05, 0) is 79.3 Å². The van der Waals surface area contributed by atoms with E-state index in [0.29, 0.717) is 23.1 Å². The molecule has 4 atom stereocenters. The number of anilines is 2. The van der Waals surface area contributed by atoms with Gasteiger partial charge >= 0.3 is 0 Å². The number of nitrogens with zero attached hydrogens (tertiary/aromatic N) is 1. The lowest BCUT2D eigenvalue weighted by Crippen LogP contribution is -2.32. The van der Waals surface area contributed by atoms with Crippen LogP contribution >= 0.6 is 0 Å². The van der Waals surface area contributed by atoms with Gasteiger partial charge in [0.05, 0.1) is 17.5 Å². The number of rotatable bonds is 5. The summed E-state index contributed by atoms with van der Waals surface area (Å²) in [6.45, 7) is 4.15. The fourth-order valence-corrected chi connectivity index (χ4v) is 6.01. The monoisotopic (exact) mass is 416 g/mol. The highest BCUT2D eigenvalue weighted by molar-refractivity contribution is 6.22. The average molecular weight is 417 g/mol. The van der Waals surface area contributed by atoms with Crippen molar-refractivity contribution in [1.29, 1.82) is 0 Å². The van der Waals surface area contributed by atoms with E-state index in [1.807, 2.05) is 18.2 Å². The van der Waals surface area contributed by atoms with Crippen LogP contribution in [-0.2, 0) is 22.4 Å². The summed E-state index contributed by atoms with van der Waals surface area (Å²) in [5.74, 6) is 0.184. The third-order valence-electron chi connectivity index (χ3n) is 7.55. The van der Waals surface area contributed by atoms with Crippen molar-refractivity contribution in [3.05, 3.63) is 59.2 Å². The number of fused-ring (bicyclic) bond motifs is 5. The molecule has 160 valence electrons. The summed E-state index contributed by atoms with van der Waals surface area (Å²) in [6.07, 6.45) is 4.84. The zero-order valence-electron chi connectivity index (χ0n) is 18.1. The molecule has 5 nitrogen and oxygen atoms in total. The van der Waals surface area contributed by atoms with Gasteiger partial charge in [-0.15, -0.1) is 0 Å². The lowest BCUT2D eigenvalue weighted by Gasteiger charge is -2.19. The fraction of sp³-hybridized carbons (Fsp3) is 0.423. The van der Waals surface area contributed by atoms with Crippen molar-refractivity contribution in [2.75, 3.05) is 10.2 Å². The number of amides is 3. The van der Waals surface area contributed by atoms with Gasteiger partial charge in [0, 0.05) is 11.3 Å². The van der Waals surface area contributed by atoms with Crippen molar-refractivity contribution in [3.63, 3.8) is 0 Å². The molecule has 0 spiro atoms. The molecule has 0 aromatic heterocycles. The van der Waals surface area contributed by atoms with E-state index in [1.165, 1.54) is 4.90 Å². The fourth-order valence-electron chi connectivity index (χ4n) is 6.01. The Morgan fingerprint density at radius 2 is 1.45 bits per heavy atom. The Bertz CT molecular complexity index is 1010. The molecular formula is C26H28N2O3. The smallest absolute Gasteiger partial charge is 0.255 e. The second-order valence-corrected chi connectivity index (χ2v) is 9.06. The zero-order valence-corrected chi connectivity index (χ0v) is 18.1. The van der Waals surface area contributed by atoms with E-state index in [4.69, 9.17) is 0 Å². The van der Waals surface area contributed by atoms with Gasteiger partial charge in [-0.25, -0.2) is 0 Å².